The Bertz CT molecular complexity index is 261. The van der Waals surface area contributed by atoms with Gasteiger partial charge in [0.05, 0.1) is 0 Å². The molecule has 2 fully saturated rings. The molecule has 78 valence electrons. The molecule has 1 N–H and O–H groups in total. The average Bonchev–Trinajstić information content (AvgIpc) is 2.62. The Hall–Kier alpha value is -1.06. The van der Waals surface area contributed by atoms with Gasteiger partial charge in [-0.2, -0.15) is 0 Å². The van der Waals surface area contributed by atoms with Gasteiger partial charge in [-0.15, -0.1) is 0 Å². The summed E-state index contributed by atoms with van der Waals surface area (Å²) < 4.78 is 5.14. The largest absolute Gasteiger partial charge is 0.481 e. The lowest BCUT2D eigenvalue weighted by Gasteiger charge is -2.21. The van der Waals surface area contributed by atoms with Gasteiger partial charge in [-0.05, 0) is 37.5 Å². The SMILES string of the molecule is O=C(O)CC(=O)OC1CC2CCC1C2. The summed E-state index contributed by atoms with van der Waals surface area (Å²) in [4.78, 5) is 21.3. The zero-order valence-corrected chi connectivity index (χ0v) is 7.94. The summed E-state index contributed by atoms with van der Waals surface area (Å²) in [6, 6.07) is 0. The third-order valence-electron chi connectivity index (χ3n) is 3.25. The van der Waals surface area contributed by atoms with Crippen LogP contribution in [0.5, 0.6) is 0 Å². The van der Waals surface area contributed by atoms with Crippen LogP contribution in [0, 0.1) is 11.8 Å². The molecule has 3 atom stereocenters. The van der Waals surface area contributed by atoms with E-state index in [2.05, 4.69) is 0 Å². The molecule has 0 saturated heterocycles. The van der Waals surface area contributed by atoms with E-state index in [0.29, 0.717) is 11.8 Å². The van der Waals surface area contributed by atoms with E-state index in [0.717, 1.165) is 19.3 Å². The first kappa shape index (κ1) is 9.49. The number of fused-ring (bicyclic) bond motifs is 2. The normalized spacial score (nSPS) is 34.4. The van der Waals surface area contributed by atoms with Crippen molar-refractivity contribution in [2.24, 2.45) is 11.8 Å². The molecule has 0 amide bonds. The summed E-state index contributed by atoms with van der Waals surface area (Å²) in [7, 11) is 0. The maximum Gasteiger partial charge on any atom is 0.317 e. The third-order valence-corrected chi connectivity index (χ3v) is 3.25. The number of carboxylic acid groups (broad SMARTS) is 1. The number of esters is 1. The highest BCUT2D eigenvalue weighted by Gasteiger charge is 2.41. The van der Waals surface area contributed by atoms with Crippen LogP contribution in [0.15, 0.2) is 0 Å². The standard InChI is InChI=1S/C10H14O4/c11-9(12)5-10(13)14-8-4-6-1-2-7(8)3-6/h6-8H,1-5H2,(H,11,12). The highest BCUT2D eigenvalue weighted by Crippen LogP contribution is 2.45. The van der Waals surface area contributed by atoms with Crippen LogP contribution in [-0.2, 0) is 14.3 Å². The van der Waals surface area contributed by atoms with Gasteiger partial charge in [0.15, 0.2) is 0 Å². The number of hydrogen-bond donors (Lipinski definition) is 1. The van der Waals surface area contributed by atoms with Crippen LogP contribution in [-0.4, -0.2) is 23.1 Å². The number of carboxylic acids is 1. The van der Waals surface area contributed by atoms with Gasteiger partial charge in [0.1, 0.15) is 12.5 Å². The quantitative estimate of drug-likeness (QED) is 0.546. The second-order valence-corrected chi connectivity index (χ2v) is 4.27. The van der Waals surface area contributed by atoms with Gasteiger partial charge >= 0.3 is 11.9 Å². The molecule has 4 nitrogen and oxygen atoms in total. The Labute approximate surface area is 82.2 Å². The minimum atomic E-state index is -1.11. The van der Waals surface area contributed by atoms with Gasteiger partial charge in [-0.25, -0.2) is 0 Å². The van der Waals surface area contributed by atoms with Crippen molar-refractivity contribution in [1.29, 1.82) is 0 Å². The fraction of sp³-hybridized carbons (Fsp3) is 0.800. The van der Waals surface area contributed by atoms with E-state index in [1.165, 1.54) is 6.42 Å². The number of ether oxygens (including phenoxy) is 1. The highest BCUT2D eigenvalue weighted by atomic mass is 16.5. The number of hydrogen-bond acceptors (Lipinski definition) is 3. The first-order valence-corrected chi connectivity index (χ1v) is 5.06. The summed E-state index contributed by atoms with van der Waals surface area (Å²) in [6.07, 6.45) is 3.98. The Morgan fingerprint density at radius 2 is 2.07 bits per heavy atom. The van der Waals surface area contributed by atoms with Crippen LogP contribution in [0.1, 0.15) is 32.1 Å². The van der Waals surface area contributed by atoms with Crippen LogP contribution in [0.2, 0.25) is 0 Å². The van der Waals surface area contributed by atoms with E-state index in [1.54, 1.807) is 0 Å². The molecule has 0 aromatic heterocycles. The smallest absolute Gasteiger partial charge is 0.317 e. The Balaban J connectivity index is 1.81. The average molecular weight is 198 g/mol. The predicted molar refractivity (Wildman–Crippen MR) is 47.6 cm³/mol. The lowest BCUT2D eigenvalue weighted by atomic mass is 9.98. The van der Waals surface area contributed by atoms with E-state index in [4.69, 9.17) is 9.84 Å². The molecule has 3 unspecified atom stereocenters. The maximum absolute atomic E-state index is 11.1. The minimum Gasteiger partial charge on any atom is -0.481 e. The lowest BCUT2D eigenvalue weighted by Crippen LogP contribution is -2.25. The van der Waals surface area contributed by atoms with Gasteiger partial charge in [-0.1, -0.05) is 0 Å². The van der Waals surface area contributed by atoms with Gasteiger partial charge in [0.25, 0.3) is 0 Å². The second-order valence-electron chi connectivity index (χ2n) is 4.27. The number of carbonyl (C=O) groups is 2. The summed E-state index contributed by atoms with van der Waals surface area (Å²) in [5, 5.41) is 8.39. The minimum absolute atomic E-state index is 0.000556. The molecule has 0 aromatic carbocycles. The second kappa shape index (κ2) is 3.59. The Morgan fingerprint density at radius 3 is 2.57 bits per heavy atom. The van der Waals surface area contributed by atoms with Crippen LogP contribution < -0.4 is 0 Å². The number of rotatable bonds is 3. The summed E-state index contributed by atoms with van der Waals surface area (Å²) in [6.45, 7) is 0. The van der Waals surface area contributed by atoms with E-state index >= 15 is 0 Å². The molecule has 4 heteroatoms. The van der Waals surface area contributed by atoms with E-state index in [1.807, 2.05) is 0 Å². The van der Waals surface area contributed by atoms with Crippen LogP contribution in [0.25, 0.3) is 0 Å². The van der Waals surface area contributed by atoms with Gasteiger partial charge in [0, 0.05) is 0 Å². The number of carbonyl (C=O) groups excluding carboxylic acids is 1. The Morgan fingerprint density at radius 1 is 1.29 bits per heavy atom. The molecule has 14 heavy (non-hydrogen) atoms. The summed E-state index contributed by atoms with van der Waals surface area (Å²) >= 11 is 0. The van der Waals surface area contributed by atoms with E-state index < -0.39 is 18.4 Å². The molecule has 2 aliphatic carbocycles. The van der Waals surface area contributed by atoms with Gasteiger partial charge in [-0.3, -0.25) is 9.59 Å². The van der Waals surface area contributed by atoms with Crippen molar-refractivity contribution in [3.8, 4) is 0 Å². The third kappa shape index (κ3) is 1.89. The van der Waals surface area contributed by atoms with Crippen molar-refractivity contribution < 1.29 is 19.4 Å². The van der Waals surface area contributed by atoms with Gasteiger partial charge < -0.3 is 9.84 Å². The zero-order valence-electron chi connectivity index (χ0n) is 7.94. The van der Waals surface area contributed by atoms with Crippen LogP contribution in [0.4, 0.5) is 0 Å². The molecular weight excluding hydrogens is 184 g/mol. The van der Waals surface area contributed by atoms with Crippen molar-refractivity contribution in [3.63, 3.8) is 0 Å². The molecular formula is C10H14O4. The molecule has 0 spiro atoms. The molecule has 2 saturated carbocycles. The molecule has 0 aromatic rings. The van der Waals surface area contributed by atoms with Crippen molar-refractivity contribution in [1.82, 2.24) is 0 Å². The van der Waals surface area contributed by atoms with E-state index in [-0.39, 0.29) is 6.10 Å². The monoisotopic (exact) mass is 198 g/mol. The first-order chi connectivity index (χ1) is 6.65. The number of aliphatic carboxylic acids is 1. The Kier molecular flexibility index (Phi) is 2.44. The topological polar surface area (TPSA) is 63.6 Å². The molecule has 2 rings (SSSR count). The fourth-order valence-electron chi connectivity index (χ4n) is 2.66. The molecule has 2 bridgehead atoms. The van der Waals surface area contributed by atoms with Gasteiger partial charge in [0.2, 0.25) is 0 Å². The highest BCUT2D eigenvalue weighted by molar-refractivity contribution is 5.90. The van der Waals surface area contributed by atoms with Crippen LogP contribution in [0.3, 0.4) is 0 Å². The first-order valence-electron chi connectivity index (χ1n) is 5.06. The molecule has 0 radical (unpaired) electrons. The lowest BCUT2D eigenvalue weighted by molar-refractivity contribution is -0.156. The van der Waals surface area contributed by atoms with Crippen molar-refractivity contribution >= 4 is 11.9 Å². The summed E-state index contributed by atoms with van der Waals surface area (Å²) in [5.41, 5.74) is 0. The van der Waals surface area contributed by atoms with E-state index in [9.17, 15) is 9.59 Å². The van der Waals surface area contributed by atoms with Crippen molar-refractivity contribution in [2.75, 3.05) is 0 Å². The molecule has 2 aliphatic rings. The molecule has 0 heterocycles. The zero-order chi connectivity index (χ0) is 10.1. The van der Waals surface area contributed by atoms with Crippen molar-refractivity contribution in [2.45, 2.75) is 38.2 Å². The summed E-state index contributed by atoms with van der Waals surface area (Å²) in [5.74, 6) is -0.492. The molecule has 0 aliphatic heterocycles. The maximum atomic E-state index is 11.1. The fourth-order valence-corrected chi connectivity index (χ4v) is 2.66. The van der Waals surface area contributed by atoms with Crippen LogP contribution >= 0.6 is 0 Å². The predicted octanol–water partition coefficient (Wildman–Crippen LogP) is 1.19. The van der Waals surface area contributed by atoms with Crippen molar-refractivity contribution in [3.05, 3.63) is 0 Å².